The molecule has 1 aromatic carbocycles. The number of nitrogens with zero attached hydrogens (tertiary/aromatic N) is 1. The van der Waals surface area contributed by atoms with E-state index in [2.05, 4.69) is 21.4 Å². The molecule has 3 rings (SSSR count). The summed E-state index contributed by atoms with van der Waals surface area (Å²) in [6.45, 7) is 1.81. The molecule has 17 heavy (non-hydrogen) atoms. The third-order valence-corrected chi connectivity index (χ3v) is 3.51. The lowest BCUT2D eigenvalue weighted by Gasteiger charge is -2.10. The van der Waals surface area contributed by atoms with Gasteiger partial charge in [0.1, 0.15) is 5.82 Å². The first-order valence-electron chi connectivity index (χ1n) is 5.90. The monoisotopic (exact) mass is 229 g/mol. The molecule has 2 N–H and O–H groups in total. The maximum Gasteiger partial charge on any atom is 0.258 e. The van der Waals surface area contributed by atoms with E-state index in [4.69, 9.17) is 0 Å². The van der Waals surface area contributed by atoms with Gasteiger partial charge in [-0.2, -0.15) is 0 Å². The quantitative estimate of drug-likeness (QED) is 0.778. The van der Waals surface area contributed by atoms with Gasteiger partial charge in [-0.1, -0.05) is 0 Å². The molecule has 4 nitrogen and oxygen atoms in total. The number of benzene rings is 1. The zero-order chi connectivity index (χ0) is 12.0. The van der Waals surface area contributed by atoms with Gasteiger partial charge in [0, 0.05) is 6.04 Å². The Balaban J connectivity index is 2.32. The lowest BCUT2D eigenvalue weighted by atomic mass is 10.1. The normalized spacial score (nSPS) is 18.6. The molecule has 88 valence electrons. The number of hydrogen-bond acceptors (Lipinski definition) is 3. The second-order valence-corrected chi connectivity index (χ2v) is 4.60. The number of aromatic amines is 1. The van der Waals surface area contributed by atoms with Crippen molar-refractivity contribution in [3.8, 4) is 0 Å². The van der Waals surface area contributed by atoms with Crippen molar-refractivity contribution in [3.05, 3.63) is 39.4 Å². The van der Waals surface area contributed by atoms with Gasteiger partial charge < -0.3 is 10.3 Å². The summed E-state index contributed by atoms with van der Waals surface area (Å²) < 4.78 is 0. The fourth-order valence-corrected chi connectivity index (χ4v) is 2.66. The molecule has 0 saturated carbocycles. The second-order valence-electron chi connectivity index (χ2n) is 4.60. The molecular weight excluding hydrogens is 214 g/mol. The van der Waals surface area contributed by atoms with Gasteiger partial charge >= 0.3 is 0 Å². The fourth-order valence-electron chi connectivity index (χ4n) is 2.66. The minimum Gasteiger partial charge on any atom is -0.313 e. The molecule has 1 aliphatic rings. The van der Waals surface area contributed by atoms with Crippen LogP contribution in [0.4, 0.5) is 0 Å². The smallest absolute Gasteiger partial charge is 0.258 e. The Labute approximate surface area is 99.1 Å². The number of fused-ring (bicyclic) bond motifs is 2. The summed E-state index contributed by atoms with van der Waals surface area (Å²) in [5, 5.41) is 3.97. The van der Waals surface area contributed by atoms with E-state index >= 15 is 0 Å². The van der Waals surface area contributed by atoms with E-state index in [1.165, 1.54) is 11.1 Å². The molecule has 2 aromatic rings. The average molecular weight is 229 g/mol. The van der Waals surface area contributed by atoms with Crippen LogP contribution in [0.1, 0.15) is 29.4 Å². The first-order chi connectivity index (χ1) is 8.19. The Morgan fingerprint density at radius 3 is 3.06 bits per heavy atom. The third kappa shape index (κ3) is 1.56. The number of hydrogen-bond donors (Lipinski definition) is 2. The predicted octanol–water partition coefficient (Wildman–Crippen LogP) is 1.44. The van der Waals surface area contributed by atoms with Crippen LogP contribution in [0.25, 0.3) is 10.9 Å². The SMILES string of the molecule is CNC1CCc2cc3nc(C)[nH]c(=O)c3cc21. The highest BCUT2D eigenvalue weighted by molar-refractivity contribution is 5.80. The summed E-state index contributed by atoms with van der Waals surface area (Å²) in [6.07, 6.45) is 2.16. The Kier molecular flexibility index (Phi) is 2.26. The van der Waals surface area contributed by atoms with Crippen LogP contribution in [0.5, 0.6) is 0 Å². The van der Waals surface area contributed by atoms with Crippen LogP contribution in [-0.2, 0) is 6.42 Å². The van der Waals surface area contributed by atoms with Gasteiger partial charge in [-0.15, -0.1) is 0 Å². The van der Waals surface area contributed by atoms with E-state index in [-0.39, 0.29) is 5.56 Å². The number of aryl methyl sites for hydroxylation is 2. The minimum absolute atomic E-state index is 0.0444. The lowest BCUT2D eigenvalue weighted by Crippen LogP contribution is -2.14. The second kappa shape index (κ2) is 3.67. The molecular formula is C13H15N3O. The van der Waals surface area contributed by atoms with Crippen LogP contribution in [0.2, 0.25) is 0 Å². The highest BCUT2D eigenvalue weighted by Crippen LogP contribution is 2.32. The van der Waals surface area contributed by atoms with Crippen molar-refractivity contribution in [1.82, 2.24) is 15.3 Å². The Bertz CT molecular complexity index is 645. The zero-order valence-corrected chi connectivity index (χ0v) is 10.0. The van der Waals surface area contributed by atoms with Crippen LogP contribution in [-0.4, -0.2) is 17.0 Å². The van der Waals surface area contributed by atoms with E-state index in [9.17, 15) is 4.79 Å². The number of H-pyrrole nitrogens is 1. The zero-order valence-electron chi connectivity index (χ0n) is 10.0. The van der Waals surface area contributed by atoms with Crippen LogP contribution >= 0.6 is 0 Å². The van der Waals surface area contributed by atoms with Gasteiger partial charge in [0.05, 0.1) is 10.9 Å². The summed E-state index contributed by atoms with van der Waals surface area (Å²) in [7, 11) is 1.96. The van der Waals surface area contributed by atoms with Gasteiger partial charge in [0.25, 0.3) is 5.56 Å². The standard InChI is InChI=1S/C13H15N3O/c1-7-15-12-5-8-3-4-11(14-2)9(8)6-10(12)13(17)16-7/h5-6,11,14H,3-4H2,1-2H3,(H,15,16,17). The maximum atomic E-state index is 11.9. The molecule has 0 radical (unpaired) electrons. The summed E-state index contributed by atoms with van der Waals surface area (Å²) in [6, 6.07) is 4.42. The molecule has 1 unspecified atom stereocenters. The van der Waals surface area contributed by atoms with Crippen molar-refractivity contribution < 1.29 is 0 Å². The molecule has 1 atom stereocenters. The number of aromatic nitrogens is 2. The van der Waals surface area contributed by atoms with Gasteiger partial charge in [-0.25, -0.2) is 4.98 Å². The minimum atomic E-state index is -0.0444. The van der Waals surface area contributed by atoms with Crippen molar-refractivity contribution in [2.24, 2.45) is 0 Å². The molecule has 0 amide bonds. The maximum absolute atomic E-state index is 11.9. The van der Waals surface area contributed by atoms with E-state index < -0.39 is 0 Å². The molecule has 1 heterocycles. The molecule has 0 bridgehead atoms. The van der Waals surface area contributed by atoms with Crippen LogP contribution in [0, 0.1) is 6.92 Å². The third-order valence-electron chi connectivity index (χ3n) is 3.51. The van der Waals surface area contributed by atoms with Gasteiger partial charge in [0.15, 0.2) is 0 Å². The van der Waals surface area contributed by atoms with Gasteiger partial charge in [0.2, 0.25) is 0 Å². The number of nitrogens with one attached hydrogen (secondary N) is 2. The Morgan fingerprint density at radius 1 is 1.47 bits per heavy atom. The first kappa shape index (κ1) is 10.5. The highest BCUT2D eigenvalue weighted by Gasteiger charge is 2.22. The average Bonchev–Trinajstić information content (AvgIpc) is 2.68. The van der Waals surface area contributed by atoms with E-state index in [0.29, 0.717) is 17.3 Å². The Hall–Kier alpha value is -1.68. The van der Waals surface area contributed by atoms with Crippen LogP contribution in [0.15, 0.2) is 16.9 Å². The van der Waals surface area contributed by atoms with Crippen LogP contribution < -0.4 is 10.9 Å². The van der Waals surface area contributed by atoms with Crippen molar-refractivity contribution in [2.45, 2.75) is 25.8 Å². The van der Waals surface area contributed by atoms with Gasteiger partial charge in [-0.3, -0.25) is 4.79 Å². The van der Waals surface area contributed by atoms with Crippen molar-refractivity contribution >= 4 is 10.9 Å². The summed E-state index contributed by atoms with van der Waals surface area (Å²) >= 11 is 0. The van der Waals surface area contributed by atoms with Gasteiger partial charge in [-0.05, 0) is 50.1 Å². The summed E-state index contributed by atoms with van der Waals surface area (Å²) in [4.78, 5) is 19.0. The fraction of sp³-hybridized carbons (Fsp3) is 0.385. The molecule has 0 saturated heterocycles. The molecule has 0 fully saturated rings. The predicted molar refractivity (Wildman–Crippen MR) is 67.2 cm³/mol. The topological polar surface area (TPSA) is 57.8 Å². The molecule has 1 aromatic heterocycles. The molecule has 4 heteroatoms. The first-order valence-corrected chi connectivity index (χ1v) is 5.90. The lowest BCUT2D eigenvalue weighted by molar-refractivity contribution is 0.591. The molecule has 0 spiro atoms. The van der Waals surface area contributed by atoms with Crippen molar-refractivity contribution in [3.63, 3.8) is 0 Å². The van der Waals surface area contributed by atoms with E-state index in [0.717, 1.165) is 18.4 Å². The summed E-state index contributed by atoms with van der Waals surface area (Å²) in [5.74, 6) is 0.672. The number of rotatable bonds is 1. The molecule has 0 aliphatic heterocycles. The van der Waals surface area contributed by atoms with Crippen LogP contribution in [0.3, 0.4) is 0 Å². The Morgan fingerprint density at radius 2 is 2.29 bits per heavy atom. The van der Waals surface area contributed by atoms with E-state index in [1.807, 2.05) is 20.0 Å². The summed E-state index contributed by atoms with van der Waals surface area (Å²) in [5.41, 5.74) is 3.32. The molecule has 1 aliphatic carbocycles. The van der Waals surface area contributed by atoms with Crippen molar-refractivity contribution in [1.29, 1.82) is 0 Å². The largest absolute Gasteiger partial charge is 0.313 e. The highest BCUT2D eigenvalue weighted by atomic mass is 16.1. The van der Waals surface area contributed by atoms with E-state index in [1.54, 1.807) is 0 Å². The van der Waals surface area contributed by atoms with Crippen molar-refractivity contribution in [2.75, 3.05) is 7.05 Å².